The second-order valence-corrected chi connectivity index (χ2v) is 9.09. The average molecular weight is 477 g/mol. The lowest BCUT2D eigenvalue weighted by atomic mass is 9.89. The predicted molar refractivity (Wildman–Crippen MR) is 120 cm³/mol. The van der Waals surface area contributed by atoms with Crippen LogP contribution < -0.4 is 10.6 Å². The molecule has 4 rings (SSSR count). The van der Waals surface area contributed by atoms with E-state index in [1.165, 1.54) is 31.0 Å². The quantitative estimate of drug-likeness (QED) is 0.439. The number of hydrogen-bond acceptors (Lipinski definition) is 7. The van der Waals surface area contributed by atoms with Crippen molar-refractivity contribution in [3.05, 3.63) is 52.0 Å². The molecule has 0 saturated heterocycles. The Bertz CT molecular complexity index is 1000. The van der Waals surface area contributed by atoms with Gasteiger partial charge in [-0.15, -0.1) is 10.2 Å². The van der Waals surface area contributed by atoms with Gasteiger partial charge in [0.25, 0.3) is 5.22 Å². The van der Waals surface area contributed by atoms with E-state index in [1.807, 2.05) is 0 Å². The van der Waals surface area contributed by atoms with Crippen LogP contribution in [-0.4, -0.2) is 34.6 Å². The summed E-state index contributed by atoms with van der Waals surface area (Å²) in [6, 6.07) is 5.92. The Morgan fingerprint density at radius 1 is 1.22 bits per heavy atom. The highest BCUT2D eigenvalue weighted by Crippen LogP contribution is 2.34. The molecule has 170 valence electrons. The molecule has 1 fully saturated rings. The van der Waals surface area contributed by atoms with E-state index in [4.69, 9.17) is 20.8 Å². The lowest BCUT2D eigenvalue weighted by molar-refractivity contribution is -0.139. The van der Waals surface area contributed by atoms with Crippen LogP contribution in [0.4, 0.5) is 4.79 Å². The van der Waals surface area contributed by atoms with Crippen molar-refractivity contribution in [3.8, 4) is 0 Å². The number of thioether (sulfide) groups is 1. The first-order valence-electron chi connectivity index (χ1n) is 10.7. The zero-order valence-corrected chi connectivity index (χ0v) is 19.3. The van der Waals surface area contributed by atoms with Crippen LogP contribution in [0.3, 0.4) is 0 Å². The zero-order valence-electron chi connectivity index (χ0n) is 17.7. The SMILES string of the molecule is CCOC(=O)C1=C(CSc2nnc(C3CCCCC3)o2)NC(=O)NC1c1ccc(Cl)cc1. The maximum atomic E-state index is 12.8. The number of benzene rings is 1. The summed E-state index contributed by atoms with van der Waals surface area (Å²) in [6.07, 6.45) is 5.73. The van der Waals surface area contributed by atoms with Crippen molar-refractivity contribution in [1.82, 2.24) is 20.8 Å². The van der Waals surface area contributed by atoms with Gasteiger partial charge in [0, 0.05) is 22.4 Å². The van der Waals surface area contributed by atoms with E-state index in [1.54, 1.807) is 31.2 Å². The number of aromatic nitrogens is 2. The first-order chi connectivity index (χ1) is 15.5. The Hall–Kier alpha value is -2.52. The van der Waals surface area contributed by atoms with E-state index in [0.717, 1.165) is 18.4 Å². The molecule has 8 nitrogen and oxygen atoms in total. The Morgan fingerprint density at radius 3 is 2.69 bits per heavy atom. The molecular formula is C22H25ClN4O4S. The monoisotopic (exact) mass is 476 g/mol. The van der Waals surface area contributed by atoms with Crippen LogP contribution in [0.2, 0.25) is 5.02 Å². The van der Waals surface area contributed by atoms with E-state index in [2.05, 4.69) is 20.8 Å². The lowest BCUT2D eigenvalue weighted by Gasteiger charge is -2.29. The number of carbonyl (C=O) groups excluding carboxylic acids is 2. The summed E-state index contributed by atoms with van der Waals surface area (Å²) < 4.78 is 11.2. The second kappa shape index (κ2) is 10.4. The van der Waals surface area contributed by atoms with E-state index >= 15 is 0 Å². The minimum Gasteiger partial charge on any atom is -0.463 e. The molecule has 0 spiro atoms. The van der Waals surface area contributed by atoms with Gasteiger partial charge in [-0.05, 0) is 37.5 Å². The third-order valence-electron chi connectivity index (χ3n) is 5.57. The molecule has 32 heavy (non-hydrogen) atoms. The van der Waals surface area contributed by atoms with E-state index < -0.39 is 18.0 Å². The van der Waals surface area contributed by atoms with E-state index in [-0.39, 0.29) is 12.4 Å². The van der Waals surface area contributed by atoms with Crippen LogP contribution in [0, 0.1) is 0 Å². The standard InChI is InChI=1S/C22H25ClN4O4S/c1-2-30-20(28)17-16(24-21(29)25-18(17)13-8-10-15(23)11-9-13)12-32-22-27-26-19(31-22)14-6-4-3-5-7-14/h8-11,14,18H,2-7,12H2,1H3,(H2,24,25,29). The van der Waals surface area contributed by atoms with Gasteiger partial charge >= 0.3 is 12.0 Å². The van der Waals surface area contributed by atoms with Gasteiger partial charge in [-0.25, -0.2) is 9.59 Å². The first-order valence-corrected chi connectivity index (χ1v) is 12.1. The molecule has 1 atom stereocenters. The molecular weight excluding hydrogens is 452 g/mol. The Labute approximate surface area is 195 Å². The fourth-order valence-electron chi connectivity index (χ4n) is 4.01. The van der Waals surface area contributed by atoms with Gasteiger partial charge in [-0.1, -0.05) is 54.8 Å². The number of nitrogens with one attached hydrogen (secondary N) is 2. The number of carbonyl (C=O) groups is 2. The highest BCUT2D eigenvalue weighted by Gasteiger charge is 2.34. The lowest BCUT2D eigenvalue weighted by Crippen LogP contribution is -2.46. The van der Waals surface area contributed by atoms with Gasteiger partial charge in [0.1, 0.15) is 0 Å². The van der Waals surface area contributed by atoms with Gasteiger partial charge in [0.2, 0.25) is 5.89 Å². The molecule has 1 aliphatic carbocycles. The number of halogens is 1. The zero-order chi connectivity index (χ0) is 22.5. The van der Waals surface area contributed by atoms with Crippen LogP contribution >= 0.6 is 23.4 Å². The smallest absolute Gasteiger partial charge is 0.338 e. The third-order valence-corrected chi connectivity index (χ3v) is 6.67. The number of nitrogens with zero attached hydrogens (tertiary/aromatic N) is 2. The largest absolute Gasteiger partial charge is 0.463 e. The number of amides is 2. The minimum absolute atomic E-state index is 0.221. The van der Waals surface area contributed by atoms with Gasteiger partial charge < -0.3 is 19.8 Å². The molecule has 2 N–H and O–H groups in total. The Morgan fingerprint density at radius 2 is 1.97 bits per heavy atom. The van der Waals surface area contributed by atoms with Crippen LogP contribution in [0.5, 0.6) is 0 Å². The second-order valence-electron chi connectivity index (χ2n) is 7.73. The van der Waals surface area contributed by atoms with Crippen molar-refractivity contribution >= 4 is 35.4 Å². The number of urea groups is 1. The highest BCUT2D eigenvalue weighted by molar-refractivity contribution is 7.99. The van der Waals surface area contributed by atoms with Crippen molar-refractivity contribution in [2.24, 2.45) is 0 Å². The molecule has 1 aromatic carbocycles. The normalized spacial score (nSPS) is 19.4. The number of ether oxygens (including phenoxy) is 1. The molecule has 10 heteroatoms. The molecule has 0 bridgehead atoms. The minimum atomic E-state index is -0.656. The molecule has 1 aliphatic heterocycles. The summed E-state index contributed by atoms with van der Waals surface area (Å²) >= 11 is 7.29. The van der Waals surface area contributed by atoms with E-state index in [9.17, 15) is 9.59 Å². The molecule has 1 unspecified atom stereocenters. The van der Waals surface area contributed by atoms with E-state index in [0.29, 0.717) is 33.3 Å². The third kappa shape index (κ3) is 5.27. The molecule has 1 saturated carbocycles. The fraction of sp³-hybridized carbons (Fsp3) is 0.455. The molecule has 2 aliphatic rings. The molecule has 1 aromatic heterocycles. The first kappa shape index (κ1) is 22.7. The Kier molecular flexibility index (Phi) is 7.36. The molecule has 0 radical (unpaired) electrons. The summed E-state index contributed by atoms with van der Waals surface area (Å²) in [4.78, 5) is 25.2. The number of hydrogen-bond donors (Lipinski definition) is 2. The summed E-state index contributed by atoms with van der Waals surface area (Å²) in [5.41, 5.74) is 1.52. The fourth-order valence-corrected chi connectivity index (χ4v) is 4.88. The summed E-state index contributed by atoms with van der Waals surface area (Å²) in [6.45, 7) is 1.96. The van der Waals surface area contributed by atoms with Crippen LogP contribution in [0.15, 0.2) is 45.2 Å². The molecule has 2 amide bonds. The van der Waals surface area contributed by atoms with Gasteiger partial charge in [0.05, 0.1) is 18.2 Å². The van der Waals surface area contributed by atoms with Gasteiger partial charge in [-0.3, -0.25) is 0 Å². The summed E-state index contributed by atoms with van der Waals surface area (Å²) in [5.74, 6) is 0.759. The summed E-state index contributed by atoms with van der Waals surface area (Å²) in [5, 5.41) is 14.9. The topological polar surface area (TPSA) is 106 Å². The maximum absolute atomic E-state index is 12.8. The molecule has 2 aromatic rings. The van der Waals surface area contributed by atoms with Gasteiger partial charge in [-0.2, -0.15) is 0 Å². The van der Waals surface area contributed by atoms with Crippen molar-refractivity contribution in [2.45, 2.75) is 56.2 Å². The number of rotatable bonds is 7. The maximum Gasteiger partial charge on any atom is 0.338 e. The van der Waals surface area contributed by atoms with Crippen molar-refractivity contribution in [1.29, 1.82) is 0 Å². The average Bonchev–Trinajstić information content (AvgIpc) is 3.27. The predicted octanol–water partition coefficient (Wildman–Crippen LogP) is 4.73. The van der Waals surface area contributed by atoms with Crippen molar-refractivity contribution in [3.63, 3.8) is 0 Å². The highest BCUT2D eigenvalue weighted by atomic mass is 35.5. The van der Waals surface area contributed by atoms with Crippen molar-refractivity contribution < 1.29 is 18.7 Å². The Balaban J connectivity index is 1.57. The van der Waals surface area contributed by atoms with Crippen LogP contribution in [-0.2, 0) is 9.53 Å². The summed E-state index contributed by atoms with van der Waals surface area (Å²) in [7, 11) is 0. The number of esters is 1. The van der Waals surface area contributed by atoms with Crippen LogP contribution in [0.25, 0.3) is 0 Å². The van der Waals surface area contributed by atoms with Gasteiger partial charge in [0.15, 0.2) is 0 Å². The van der Waals surface area contributed by atoms with Crippen LogP contribution in [0.1, 0.15) is 62.4 Å². The molecule has 2 heterocycles. The van der Waals surface area contributed by atoms with Crippen molar-refractivity contribution in [2.75, 3.05) is 12.4 Å².